The molecule has 21 heavy (non-hydrogen) atoms. The van der Waals surface area contributed by atoms with Crippen molar-refractivity contribution in [2.24, 2.45) is 5.92 Å². The van der Waals surface area contributed by atoms with Crippen LogP contribution >= 0.6 is 0 Å². The Morgan fingerprint density at radius 1 is 1.14 bits per heavy atom. The van der Waals surface area contributed by atoms with Gasteiger partial charge in [-0.05, 0) is 24.5 Å². The Hall–Kier alpha value is -1.19. The number of Topliss-reactive ketones (excluding diaryl/α,β-unsaturated/α-hetero) is 1. The molecule has 0 spiro atoms. The molecule has 1 aliphatic heterocycles. The molecule has 0 radical (unpaired) electrons. The number of benzene rings is 1. The van der Waals surface area contributed by atoms with Crippen molar-refractivity contribution in [2.45, 2.75) is 38.6 Å². The van der Waals surface area contributed by atoms with Crippen molar-refractivity contribution >= 4 is 5.78 Å². The standard InChI is InChI=1S/C18H25NO2/c20-18(16-6-2-1-3-7-16)17-8-4-5-15(13-17)14-19-9-11-21-12-10-19/h4-5,8,13,16H,1-3,6-7,9-12,14H2. The number of carbonyl (C=O) groups is 1. The van der Waals surface area contributed by atoms with Crippen LogP contribution in [-0.4, -0.2) is 37.0 Å². The first-order valence-corrected chi connectivity index (χ1v) is 8.26. The molecule has 1 saturated heterocycles. The number of hydrogen-bond acceptors (Lipinski definition) is 3. The molecule has 1 heterocycles. The summed E-state index contributed by atoms with van der Waals surface area (Å²) in [5.41, 5.74) is 2.16. The van der Waals surface area contributed by atoms with Crippen molar-refractivity contribution < 1.29 is 9.53 Å². The predicted octanol–water partition coefficient (Wildman–Crippen LogP) is 3.28. The molecule has 0 bridgehead atoms. The van der Waals surface area contributed by atoms with Crippen LogP contribution in [0, 0.1) is 5.92 Å². The molecule has 1 aromatic carbocycles. The number of ketones is 1. The molecule has 0 N–H and O–H groups in total. The van der Waals surface area contributed by atoms with Gasteiger partial charge in [0.2, 0.25) is 0 Å². The molecular weight excluding hydrogens is 262 g/mol. The maximum absolute atomic E-state index is 12.6. The van der Waals surface area contributed by atoms with Gasteiger partial charge < -0.3 is 4.74 Å². The van der Waals surface area contributed by atoms with E-state index in [1.54, 1.807) is 0 Å². The number of hydrogen-bond donors (Lipinski definition) is 0. The lowest BCUT2D eigenvalue weighted by Gasteiger charge is -2.26. The highest BCUT2D eigenvalue weighted by molar-refractivity contribution is 5.98. The van der Waals surface area contributed by atoms with E-state index in [-0.39, 0.29) is 5.92 Å². The summed E-state index contributed by atoms with van der Waals surface area (Å²) < 4.78 is 5.38. The van der Waals surface area contributed by atoms with Crippen molar-refractivity contribution in [3.63, 3.8) is 0 Å². The molecule has 1 aliphatic carbocycles. The quantitative estimate of drug-likeness (QED) is 0.796. The molecule has 0 amide bonds. The zero-order valence-electron chi connectivity index (χ0n) is 12.7. The van der Waals surface area contributed by atoms with Gasteiger partial charge in [-0.3, -0.25) is 9.69 Å². The van der Waals surface area contributed by atoms with Crippen molar-refractivity contribution in [1.82, 2.24) is 4.90 Å². The smallest absolute Gasteiger partial charge is 0.165 e. The minimum absolute atomic E-state index is 0.261. The Balaban J connectivity index is 1.65. The zero-order valence-corrected chi connectivity index (χ0v) is 12.7. The fraction of sp³-hybridized carbons (Fsp3) is 0.611. The predicted molar refractivity (Wildman–Crippen MR) is 83.4 cm³/mol. The van der Waals surface area contributed by atoms with Crippen LogP contribution in [0.3, 0.4) is 0 Å². The van der Waals surface area contributed by atoms with Gasteiger partial charge in [0, 0.05) is 31.1 Å². The minimum Gasteiger partial charge on any atom is -0.379 e. The fourth-order valence-electron chi connectivity index (χ4n) is 3.44. The van der Waals surface area contributed by atoms with E-state index in [0.29, 0.717) is 5.78 Å². The first kappa shape index (κ1) is 14.7. The average Bonchev–Trinajstić information content (AvgIpc) is 2.56. The minimum atomic E-state index is 0.261. The van der Waals surface area contributed by atoms with E-state index in [0.717, 1.165) is 51.3 Å². The summed E-state index contributed by atoms with van der Waals surface area (Å²) in [6.45, 7) is 4.54. The van der Waals surface area contributed by atoms with Gasteiger partial charge in [-0.15, -0.1) is 0 Å². The van der Waals surface area contributed by atoms with Crippen LogP contribution in [0.4, 0.5) is 0 Å². The topological polar surface area (TPSA) is 29.5 Å². The van der Waals surface area contributed by atoms with E-state index in [9.17, 15) is 4.79 Å². The second-order valence-electron chi connectivity index (χ2n) is 6.29. The molecule has 2 fully saturated rings. The van der Waals surface area contributed by atoms with Crippen LogP contribution in [0.5, 0.6) is 0 Å². The maximum Gasteiger partial charge on any atom is 0.165 e. The van der Waals surface area contributed by atoms with Crippen molar-refractivity contribution in [3.8, 4) is 0 Å². The van der Waals surface area contributed by atoms with E-state index in [2.05, 4.69) is 17.0 Å². The number of nitrogens with zero attached hydrogens (tertiary/aromatic N) is 1. The normalized spacial score (nSPS) is 21.3. The lowest BCUT2D eigenvalue weighted by molar-refractivity contribution is 0.0342. The zero-order chi connectivity index (χ0) is 14.5. The molecule has 1 saturated carbocycles. The second kappa shape index (κ2) is 7.19. The highest BCUT2D eigenvalue weighted by Crippen LogP contribution is 2.27. The largest absolute Gasteiger partial charge is 0.379 e. The van der Waals surface area contributed by atoms with Crippen LogP contribution in [0.25, 0.3) is 0 Å². The van der Waals surface area contributed by atoms with Crippen LogP contribution in [-0.2, 0) is 11.3 Å². The number of carbonyl (C=O) groups excluding carboxylic acids is 1. The van der Waals surface area contributed by atoms with Gasteiger partial charge >= 0.3 is 0 Å². The Bertz CT molecular complexity index is 474. The molecule has 0 atom stereocenters. The molecular formula is C18H25NO2. The summed E-state index contributed by atoms with van der Waals surface area (Å²) in [6, 6.07) is 8.26. The van der Waals surface area contributed by atoms with Gasteiger partial charge in [0.05, 0.1) is 13.2 Å². The van der Waals surface area contributed by atoms with E-state index in [4.69, 9.17) is 4.74 Å². The third-order valence-corrected chi connectivity index (χ3v) is 4.70. The van der Waals surface area contributed by atoms with Crippen molar-refractivity contribution in [2.75, 3.05) is 26.3 Å². The molecule has 3 rings (SSSR count). The van der Waals surface area contributed by atoms with E-state index in [1.807, 2.05) is 12.1 Å². The van der Waals surface area contributed by atoms with E-state index < -0.39 is 0 Å². The SMILES string of the molecule is O=C(c1cccc(CN2CCOCC2)c1)C1CCCCC1. The summed E-state index contributed by atoms with van der Waals surface area (Å²) in [4.78, 5) is 15.0. The Labute approximate surface area is 127 Å². The van der Waals surface area contributed by atoms with Gasteiger partial charge in [0.1, 0.15) is 0 Å². The Morgan fingerprint density at radius 2 is 1.90 bits per heavy atom. The molecule has 3 heteroatoms. The highest BCUT2D eigenvalue weighted by atomic mass is 16.5. The summed E-state index contributed by atoms with van der Waals surface area (Å²) in [6.07, 6.45) is 5.87. The molecule has 0 aromatic heterocycles. The highest BCUT2D eigenvalue weighted by Gasteiger charge is 2.22. The van der Waals surface area contributed by atoms with Gasteiger partial charge in [-0.2, -0.15) is 0 Å². The molecule has 0 unspecified atom stereocenters. The first-order valence-electron chi connectivity index (χ1n) is 8.26. The van der Waals surface area contributed by atoms with E-state index in [1.165, 1.54) is 24.8 Å². The van der Waals surface area contributed by atoms with Gasteiger partial charge in [-0.25, -0.2) is 0 Å². The Morgan fingerprint density at radius 3 is 2.67 bits per heavy atom. The lowest BCUT2D eigenvalue weighted by atomic mass is 9.83. The molecule has 3 nitrogen and oxygen atoms in total. The average molecular weight is 287 g/mol. The van der Waals surface area contributed by atoms with E-state index >= 15 is 0 Å². The maximum atomic E-state index is 12.6. The van der Waals surface area contributed by atoms with Crippen LogP contribution in [0.15, 0.2) is 24.3 Å². The Kier molecular flexibility index (Phi) is 5.04. The lowest BCUT2D eigenvalue weighted by Crippen LogP contribution is -2.35. The summed E-state index contributed by atoms with van der Waals surface area (Å²) in [5.74, 6) is 0.621. The molecule has 2 aliphatic rings. The van der Waals surface area contributed by atoms with Gasteiger partial charge in [-0.1, -0.05) is 37.5 Å². The first-order chi connectivity index (χ1) is 10.3. The summed E-state index contributed by atoms with van der Waals surface area (Å²) in [7, 11) is 0. The van der Waals surface area contributed by atoms with Crippen molar-refractivity contribution in [1.29, 1.82) is 0 Å². The second-order valence-corrected chi connectivity index (χ2v) is 6.29. The van der Waals surface area contributed by atoms with Gasteiger partial charge in [0.15, 0.2) is 5.78 Å². The van der Waals surface area contributed by atoms with Crippen molar-refractivity contribution in [3.05, 3.63) is 35.4 Å². The molecule has 114 valence electrons. The third-order valence-electron chi connectivity index (χ3n) is 4.70. The molecule has 1 aromatic rings. The van der Waals surface area contributed by atoms with Crippen LogP contribution in [0.2, 0.25) is 0 Å². The fourth-order valence-corrected chi connectivity index (χ4v) is 3.44. The monoisotopic (exact) mass is 287 g/mol. The van der Waals surface area contributed by atoms with Crippen LogP contribution < -0.4 is 0 Å². The number of ether oxygens (including phenoxy) is 1. The number of rotatable bonds is 4. The summed E-state index contributed by atoms with van der Waals surface area (Å²) in [5, 5.41) is 0. The number of morpholine rings is 1. The van der Waals surface area contributed by atoms with Gasteiger partial charge in [0.25, 0.3) is 0 Å². The van der Waals surface area contributed by atoms with Crippen LogP contribution in [0.1, 0.15) is 48.0 Å². The summed E-state index contributed by atoms with van der Waals surface area (Å²) >= 11 is 0. The third kappa shape index (κ3) is 3.92.